The van der Waals surface area contributed by atoms with Crippen molar-refractivity contribution in [3.63, 3.8) is 0 Å². The fraction of sp³-hybridized carbons (Fsp3) is 0.448. The molecule has 6 heteroatoms. The van der Waals surface area contributed by atoms with E-state index in [1.54, 1.807) is 0 Å². The molecule has 1 aliphatic heterocycles. The molecule has 4 rings (SSSR count). The molecule has 3 aromatic rings. The van der Waals surface area contributed by atoms with Crippen molar-refractivity contribution in [1.82, 2.24) is 15.8 Å². The topological polar surface area (TPSA) is 83.1 Å². The van der Waals surface area contributed by atoms with Crippen LogP contribution in [0.2, 0.25) is 0 Å². The van der Waals surface area contributed by atoms with Gasteiger partial charge in [0.1, 0.15) is 5.69 Å². The lowest BCUT2D eigenvalue weighted by atomic mass is 10.0. The van der Waals surface area contributed by atoms with Crippen molar-refractivity contribution in [3.05, 3.63) is 65.7 Å². The normalized spacial score (nSPS) is 14.1. The molecule has 0 spiro atoms. The van der Waals surface area contributed by atoms with Crippen LogP contribution in [0.25, 0.3) is 22.6 Å². The minimum atomic E-state index is 0.0910. The van der Waals surface area contributed by atoms with Crippen molar-refractivity contribution < 1.29 is 9.26 Å². The first-order valence-corrected chi connectivity index (χ1v) is 12.8. The Bertz CT molecular complexity index is 1020. The van der Waals surface area contributed by atoms with E-state index in [0.29, 0.717) is 12.6 Å². The molecular formula is C29H40N4O2. The van der Waals surface area contributed by atoms with Crippen LogP contribution in [0.15, 0.2) is 59.1 Å². The Labute approximate surface area is 210 Å². The number of nitrogens with zero attached hydrogens (tertiary/aromatic N) is 2. The minimum absolute atomic E-state index is 0.0910. The molecule has 1 unspecified atom stereocenters. The molecule has 1 atom stereocenters. The van der Waals surface area contributed by atoms with Gasteiger partial charge in [0.05, 0.1) is 12.6 Å². The molecule has 2 heterocycles. The van der Waals surface area contributed by atoms with Gasteiger partial charge in [-0.15, -0.1) is 0 Å². The van der Waals surface area contributed by atoms with Crippen LogP contribution in [0, 0.1) is 11.3 Å². The molecule has 0 radical (unpaired) electrons. The third kappa shape index (κ3) is 8.63. The zero-order valence-corrected chi connectivity index (χ0v) is 21.8. The van der Waals surface area contributed by atoms with Gasteiger partial charge in [0.25, 0.3) is 0 Å². The summed E-state index contributed by atoms with van der Waals surface area (Å²) in [5, 5.41) is 19.8. The number of ether oxygens (including phenoxy) is 1. The lowest BCUT2D eigenvalue weighted by Gasteiger charge is -2.23. The highest BCUT2D eigenvalue weighted by molar-refractivity contribution is 5.67. The SMILES string of the molecule is CC.CC.CC(NCC#N)c1cccc(-c2cc(-c3ccc(CNC4CCOCC4)cc3)on2)c1. The molecular weight excluding hydrogens is 436 g/mol. The lowest BCUT2D eigenvalue weighted by Crippen LogP contribution is -2.34. The van der Waals surface area contributed by atoms with Crippen molar-refractivity contribution in [1.29, 1.82) is 5.26 Å². The second kappa shape index (κ2) is 15.8. The van der Waals surface area contributed by atoms with E-state index in [1.807, 2.05) is 58.9 Å². The fourth-order valence-electron chi connectivity index (χ4n) is 3.78. The molecule has 2 N–H and O–H groups in total. The Morgan fingerprint density at radius 2 is 1.71 bits per heavy atom. The number of aromatic nitrogens is 1. The van der Waals surface area contributed by atoms with Gasteiger partial charge in [-0.3, -0.25) is 5.32 Å². The summed E-state index contributed by atoms with van der Waals surface area (Å²) in [4.78, 5) is 0. The molecule has 1 aliphatic rings. The zero-order chi connectivity index (χ0) is 25.5. The largest absolute Gasteiger partial charge is 0.381 e. The van der Waals surface area contributed by atoms with Crippen LogP contribution < -0.4 is 10.6 Å². The Morgan fingerprint density at radius 1 is 1.00 bits per heavy atom. The van der Waals surface area contributed by atoms with Crippen molar-refractivity contribution >= 4 is 0 Å². The molecule has 0 amide bonds. The summed E-state index contributed by atoms with van der Waals surface area (Å²) in [5.41, 5.74) is 5.17. The Hall–Kier alpha value is -2.98. The molecule has 2 aromatic carbocycles. The number of hydrogen-bond donors (Lipinski definition) is 2. The lowest BCUT2D eigenvalue weighted by molar-refractivity contribution is 0.0776. The van der Waals surface area contributed by atoms with Crippen LogP contribution in [-0.4, -0.2) is 31.0 Å². The van der Waals surface area contributed by atoms with E-state index in [2.05, 4.69) is 52.2 Å². The first-order chi connectivity index (χ1) is 17.2. The maximum atomic E-state index is 8.77. The van der Waals surface area contributed by atoms with Crippen LogP contribution in [-0.2, 0) is 11.3 Å². The summed E-state index contributed by atoms with van der Waals surface area (Å²) < 4.78 is 11.0. The molecule has 6 nitrogen and oxygen atoms in total. The quantitative estimate of drug-likeness (QED) is 0.361. The second-order valence-corrected chi connectivity index (χ2v) is 7.93. The first kappa shape index (κ1) is 28.3. The summed E-state index contributed by atoms with van der Waals surface area (Å²) in [5.74, 6) is 0.750. The molecule has 1 fully saturated rings. The highest BCUT2D eigenvalue weighted by Crippen LogP contribution is 2.28. The smallest absolute Gasteiger partial charge is 0.167 e. The average Bonchev–Trinajstić information content (AvgIpc) is 3.44. The molecule has 1 saturated heterocycles. The van der Waals surface area contributed by atoms with Crippen molar-refractivity contribution in [2.24, 2.45) is 0 Å². The summed E-state index contributed by atoms with van der Waals surface area (Å²) in [7, 11) is 0. The predicted octanol–water partition coefficient (Wildman–Crippen LogP) is 6.50. The van der Waals surface area contributed by atoms with Gasteiger partial charge >= 0.3 is 0 Å². The second-order valence-electron chi connectivity index (χ2n) is 7.93. The van der Waals surface area contributed by atoms with E-state index in [9.17, 15) is 0 Å². The summed E-state index contributed by atoms with van der Waals surface area (Å²) in [6.07, 6.45) is 2.15. The van der Waals surface area contributed by atoms with Gasteiger partial charge in [-0.25, -0.2) is 0 Å². The fourth-order valence-corrected chi connectivity index (χ4v) is 3.78. The number of benzene rings is 2. The van der Waals surface area contributed by atoms with Crippen LogP contribution in [0.5, 0.6) is 0 Å². The van der Waals surface area contributed by atoms with Gasteiger partial charge in [0, 0.05) is 49.0 Å². The highest BCUT2D eigenvalue weighted by atomic mass is 16.5. The molecule has 0 saturated carbocycles. The van der Waals surface area contributed by atoms with Gasteiger partial charge in [-0.1, -0.05) is 75.3 Å². The van der Waals surface area contributed by atoms with E-state index >= 15 is 0 Å². The van der Waals surface area contributed by atoms with E-state index < -0.39 is 0 Å². The monoisotopic (exact) mass is 476 g/mol. The van der Waals surface area contributed by atoms with Gasteiger partial charge in [-0.2, -0.15) is 5.26 Å². The van der Waals surface area contributed by atoms with Gasteiger partial charge < -0.3 is 14.6 Å². The number of rotatable bonds is 8. The average molecular weight is 477 g/mol. The predicted molar refractivity (Wildman–Crippen MR) is 143 cm³/mol. The maximum absolute atomic E-state index is 8.77. The molecule has 188 valence electrons. The number of nitriles is 1. The number of hydrogen-bond acceptors (Lipinski definition) is 6. The van der Waals surface area contributed by atoms with E-state index in [0.717, 1.165) is 60.7 Å². The van der Waals surface area contributed by atoms with Crippen LogP contribution in [0.3, 0.4) is 0 Å². The van der Waals surface area contributed by atoms with Gasteiger partial charge in [0.15, 0.2) is 5.76 Å². The van der Waals surface area contributed by atoms with Gasteiger partial charge in [0.2, 0.25) is 0 Å². The molecule has 0 bridgehead atoms. The van der Waals surface area contributed by atoms with Crippen LogP contribution >= 0.6 is 0 Å². The van der Waals surface area contributed by atoms with E-state index in [4.69, 9.17) is 14.5 Å². The molecule has 0 aliphatic carbocycles. The Morgan fingerprint density at radius 3 is 2.40 bits per heavy atom. The third-order valence-electron chi connectivity index (χ3n) is 5.73. The third-order valence-corrected chi connectivity index (χ3v) is 5.73. The van der Waals surface area contributed by atoms with Crippen molar-refractivity contribution in [3.8, 4) is 28.7 Å². The standard InChI is InChI=1S/C25H28N4O2.2C2H6/c1-18(27-12-11-26)21-3-2-4-22(15-21)24-16-25(31-29-24)20-7-5-19(6-8-20)17-28-23-9-13-30-14-10-23;2*1-2/h2-8,15-16,18,23,27-28H,9-10,12-14,17H2,1H3;2*1-2H3. The maximum Gasteiger partial charge on any atom is 0.167 e. The van der Waals surface area contributed by atoms with E-state index in [1.165, 1.54) is 5.56 Å². The molecule has 1 aromatic heterocycles. The summed E-state index contributed by atoms with van der Waals surface area (Å²) >= 11 is 0. The first-order valence-electron chi connectivity index (χ1n) is 12.8. The van der Waals surface area contributed by atoms with E-state index in [-0.39, 0.29) is 6.04 Å². The Balaban J connectivity index is 0.00000103. The van der Waals surface area contributed by atoms with Gasteiger partial charge in [-0.05, 0) is 37.0 Å². The van der Waals surface area contributed by atoms with Crippen molar-refractivity contribution in [2.45, 2.75) is 66.1 Å². The molecule has 35 heavy (non-hydrogen) atoms. The zero-order valence-electron chi connectivity index (χ0n) is 21.8. The summed E-state index contributed by atoms with van der Waals surface area (Å²) in [6, 6.07) is 21.3. The summed E-state index contributed by atoms with van der Waals surface area (Å²) in [6.45, 7) is 12.9. The highest BCUT2D eigenvalue weighted by Gasteiger charge is 2.14. The minimum Gasteiger partial charge on any atom is -0.381 e. The Kier molecular flexibility index (Phi) is 12.8. The van der Waals surface area contributed by atoms with Crippen molar-refractivity contribution in [2.75, 3.05) is 19.8 Å². The number of nitrogens with one attached hydrogen (secondary N) is 2. The van der Waals surface area contributed by atoms with Crippen LogP contribution in [0.1, 0.15) is 64.6 Å². The van der Waals surface area contributed by atoms with Crippen LogP contribution in [0.4, 0.5) is 0 Å².